The Bertz CT molecular complexity index is 4750. The van der Waals surface area contributed by atoms with Crippen LogP contribution in [0.1, 0.15) is 22.3 Å². The van der Waals surface area contributed by atoms with Crippen molar-refractivity contribution in [1.82, 2.24) is 24.1 Å². The van der Waals surface area contributed by atoms with Gasteiger partial charge in [0.05, 0.1) is 33.2 Å². The zero-order valence-electron chi connectivity index (χ0n) is 44.0. The number of nitrogens with zero attached hydrogens (tertiary/aromatic N) is 5. The van der Waals surface area contributed by atoms with Crippen LogP contribution < -0.4 is 0 Å². The number of fused-ring (bicyclic) bond motifs is 8. The smallest absolute Gasteiger partial charge is 0.238 e. The molecule has 0 N–H and O–H groups in total. The lowest BCUT2D eigenvalue weighted by Crippen LogP contribution is -2.35. The first-order valence-electron chi connectivity index (χ1n) is 27.7. The summed E-state index contributed by atoms with van der Waals surface area (Å²) in [6.07, 6.45) is 0. The van der Waals surface area contributed by atoms with Crippen LogP contribution in [-0.4, -0.2) is 24.1 Å². The molecule has 0 unspecified atom stereocenters. The lowest BCUT2D eigenvalue weighted by Gasteiger charge is -2.42. The Morgan fingerprint density at radius 1 is 0.247 bits per heavy atom. The summed E-state index contributed by atoms with van der Waals surface area (Å²) in [5.41, 5.74) is 20.3. The molecule has 0 spiro atoms. The topological polar surface area (TPSA) is 48.5 Å². The second-order valence-corrected chi connectivity index (χ2v) is 21.1. The lowest BCUT2D eigenvalue weighted by molar-refractivity contribution is 0.728. The highest BCUT2D eigenvalue weighted by atomic mass is 15.2. The summed E-state index contributed by atoms with van der Waals surface area (Å²) in [6.45, 7) is 0. The van der Waals surface area contributed by atoms with Crippen molar-refractivity contribution in [2.75, 3.05) is 0 Å². The molecule has 378 valence electrons. The maximum Gasteiger partial charge on any atom is 0.238 e. The molecule has 15 aromatic rings. The normalized spacial score (nSPS) is 12.5. The highest BCUT2D eigenvalue weighted by Crippen LogP contribution is 2.56. The Morgan fingerprint density at radius 2 is 0.593 bits per heavy atom. The SMILES string of the molecule is c1ccc(-c2ccc3c(c2)C(c2ccccc2)(c2ccccc2)c2cc(-c4nc(-c5ccccc5)nc(-n5c6ccc(-c7ccccc7)cc6c6cc(-c7ccccc7)ccc65)n4)cc4c5cc(-c6ccccc6)ccc5n-3c24)cc1. The molecule has 1 aliphatic rings. The Labute approximate surface area is 469 Å². The predicted molar refractivity (Wildman–Crippen MR) is 333 cm³/mol. The Kier molecular flexibility index (Phi) is 10.7. The number of hydrogen-bond donors (Lipinski definition) is 0. The van der Waals surface area contributed by atoms with Crippen LogP contribution in [0.15, 0.2) is 297 Å². The molecule has 1 aliphatic heterocycles. The predicted octanol–water partition coefficient (Wildman–Crippen LogP) is 18.8. The monoisotopic (exact) mass is 1030 g/mol. The molecular formula is C76H49N5. The van der Waals surface area contributed by atoms with Gasteiger partial charge in [-0.3, -0.25) is 4.57 Å². The zero-order chi connectivity index (χ0) is 53.4. The molecule has 5 nitrogen and oxygen atoms in total. The van der Waals surface area contributed by atoms with Gasteiger partial charge in [-0.2, -0.15) is 9.97 Å². The van der Waals surface area contributed by atoms with Gasteiger partial charge < -0.3 is 4.57 Å². The summed E-state index contributed by atoms with van der Waals surface area (Å²) in [7, 11) is 0. The number of rotatable bonds is 9. The summed E-state index contributed by atoms with van der Waals surface area (Å²) in [6, 6.07) is 108. The maximum absolute atomic E-state index is 5.71. The van der Waals surface area contributed by atoms with E-state index in [1.165, 1.54) is 16.7 Å². The summed E-state index contributed by atoms with van der Waals surface area (Å²) in [4.78, 5) is 16.7. The van der Waals surface area contributed by atoms with Crippen molar-refractivity contribution in [3.8, 4) is 78.9 Å². The average Bonchev–Trinajstić information content (AvgIpc) is 2.17. The van der Waals surface area contributed by atoms with Crippen LogP contribution in [0.2, 0.25) is 0 Å². The number of benzene rings is 12. The van der Waals surface area contributed by atoms with E-state index in [2.05, 4.69) is 300 Å². The number of aromatic nitrogens is 5. The van der Waals surface area contributed by atoms with Gasteiger partial charge in [0.1, 0.15) is 0 Å². The van der Waals surface area contributed by atoms with Crippen molar-refractivity contribution in [3.05, 3.63) is 320 Å². The third-order valence-corrected chi connectivity index (χ3v) is 16.6. The number of hydrogen-bond acceptors (Lipinski definition) is 3. The molecule has 12 aromatic carbocycles. The lowest BCUT2D eigenvalue weighted by atomic mass is 9.62. The molecule has 0 aliphatic carbocycles. The van der Waals surface area contributed by atoms with Crippen LogP contribution in [-0.2, 0) is 5.41 Å². The fourth-order valence-corrected chi connectivity index (χ4v) is 12.9. The van der Waals surface area contributed by atoms with Gasteiger partial charge in [0, 0.05) is 32.7 Å². The second kappa shape index (κ2) is 18.7. The molecule has 0 radical (unpaired) electrons. The van der Waals surface area contributed by atoms with E-state index in [0.29, 0.717) is 17.6 Å². The van der Waals surface area contributed by atoms with E-state index in [4.69, 9.17) is 15.0 Å². The van der Waals surface area contributed by atoms with Crippen LogP contribution in [0.25, 0.3) is 123 Å². The fraction of sp³-hybridized carbons (Fsp3) is 0.0132. The van der Waals surface area contributed by atoms with Crippen LogP contribution in [0.5, 0.6) is 0 Å². The van der Waals surface area contributed by atoms with E-state index < -0.39 is 5.41 Å². The molecule has 81 heavy (non-hydrogen) atoms. The first kappa shape index (κ1) is 46.4. The van der Waals surface area contributed by atoms with Gasteiger partial charge in [-0.25, -0.2) is 4.98 Å². The second-order valence-electron chi connectivity index (χ2n) is 21.1. The standard InChI is InChI=1S/C76H49N5/c1-8-22-50(23-9-1)55-37-41-69-62(44-55)63-45-56(51-24-10-2-11-25-51)38-42-70(63)81(69)75-78-73(54-30-16-5-17-31-54)77-74(79-75)59-47-65-64-46-57(52-26-12-3-13-27-52)36-40-68(64)80-71-43-39-58(53-28-14-4-15-29-53)48-66(71)76(67(49-59)72(65)80,60-32-18-6-19-33-60)61-34-20-7-21-35-61/h1-49H. The van der Waals surface area contributed by atoms with E-state index in [0.717, 1.165) is 110 Å². The van der Waals surface area contributed by atoms with Crippen molar-refractivity contribution in [2.24, 2.45) is 0 Å². The van der Waals surface area contributed by atoms with Crippen molar-refractivity contribution >= 4 is 43.6 Å². The molecule has 0 saturated carbocycles. The molecule has 0 fully saturated rings. The zero-order valence-corrected chi connectivity index (χ0v) is 44.0. The van der Waals surface area contributed by atoms with Crippen molar-refractivity contribution in [2.45, 2.75) is 5.41 Å². The summed E-state index contributed by atoms with van der Waals surface area (Å²) in [5.74, 6) is 1.70. The Balaban J connectivity index is 1.03. The minimum Gasteiger partial charge on any atom is -0.309 e. The molecule has 0 bridgehead atoms. The summed E-state index contributed by atoms with van der Waals surface area (Å²) >= 11 is 0. The molecular weight excluding hydrogens is 983 g/mol. The molecule has 4 heterocycles. The third-order valence-electron chi connectivity index (χ3n) is 16.6. The van der Waals surface area contributed by atoms with Gasteiger partial charge in [-0.15, -0.1) is 0 Å². The van der Waals surface area contributed by atoms with E-state index in [1.807, 2.05) is 6.07 Å². The molecule has 0 saturated heterocycles. The minimum atomic E-state index is -0.804. The Hall–Kier alpha value is -10.8. The van der Waals surface area contributed by atoms with Crippen molar-refractivity contribution in [3.63, 3.8) is 0 Å². The summed E-state index contributed by atoms with van der Waals surface area (Å²) in [5, 5.41) is 4.49. The van der Waals surface area contributed by atoms with E-state index in [9.17, 15) is 0 Å². The molecule has 16 rings (SSSR count). The summed E-state index contributed by atoms with van der Waals surface area (Å²) < 4.78 is 4.76. The van der Waals surface area contributed by atoms with Crippen LogP contribution in [0.4, 0.5) is 0 Å². The van der Waals surface area contributed by atoms with Crippen LogP contribution >= 0.6 is 0 Å². The highest BCUT2D eigenvalue weighted by molar-refractivity contribution is 6.15. The first-order valence-corrected chi connectivity index (χ1v) is 27.7. The van der Waals surface area contributed by atoms with Crippen molar-refractivity contribution < 1.29 is 0 Å². The van der Waals surface area contributed by atoms with Gasteiger partial charge >= 0.3 is 0 Å². The van der Waals surface area contributed by atoms with Gasteiger partial charge in [0.25, 0.3) is 0 Å². The molecule has 0 atom stereocenters. The third kappa shape index (κ3) is 7.43. The van der Waals surface area contributed by atoms with Gasteiger partial charge in [-0.1, -0.05) is 237 Å². The molecule has 3 aromatic heterocycles. The maximum atomic E-state index is 5.71. The van der Waals surface area contributed by atoms with Crippen LogP contribution in [0.3, 0.4) is 0 Å². The van der Waals surface area contributed by atoms with E-state index >= 15 is 0 Å². The van der Waals surface area contributed by atoms with Crippen LogP contribution in [0, 0.1) is 0 Å². The molecule has 0 amide bonds. The quantitative estimate of drug-likeness (QED) is 0.145. The largest absolute Gasteiger partial charge is 0.309 e. The van der Waals surface area contributed by atoms with Gasteiger partial charge in [0.2, 0.25) is 5.95 Å². The molecule has 5 heteroatoms. The van der Waals surface area contributed by atoms with Crippen molar-refractivity contribution in [1.29, 1.82) is 0 Å². The Morgan fingerprint density at radius 3 is 1.05 bits per heavy atom. The van der Waals surface area contributed by atoms with E-state index in [-0.39, 0.29) is 0 Å². The highest BCUT2D eigenvalue weighted by Gasteiger charge is 2.46. The van der Waals surface area contributed by atoms with Gasteiger partial charge in [0.15, 0.2) is 11.6 Å². The van der Waals surface area contributed by atoms with Gasteiger partial charge in [-0.05, 0) is 127 Å². The minimum absolute atomic E-state index is 0.538. The van der Waals surface area contributed by atoms with E-state index in [1.54, 1.807) is 0 Å². The fourth-order valence-electron chi connectivity index (χ4n) is 12.9. The first-order chi connectivity index (χ1) is 40.2. The average molecular weight is 1030 g/mol.